The summed E-state index contributed by atoms with van der Waals surface area (Å²) in [6.45, 7) is 2.07. The molecule has 0 radical (unpaired) electrons. The van der Waals surface area contributed by atoms with Gasteiger partial charge in [-0.15, -0.1) is 22.9 Å². The van der Waals surface area contributed by atoms with Crippen LogP contribution in [0.2, 0.25) is 0 Å². The molecule has 1 aromatic heterocycles. The highest BCUT2D eigenvalue weighted by molar-refractivity contribution is 9.10. The van der Waals surface area contributed by atoms with Gasteiger partial charge in [0, 0.05) is 9.35 Å². The Hall–Kier alpha value is -0.710. The van der Waals surface area contributed by atoms with E-state index in [1.54, 1.807) is 25.6 Å². The lowest BCUT2D eigenvalue weighted by atomic mass is 10.1. The van der Waals surface area contributed by atoms with E-state index in [0.29, 0.717) is 11.5 Å². The molecule has 2 rings (SSSR count). The molecular weight excluding hydrogens is 348 g/mol. The van der Waals surface area contributed by atoms with Gasteiger partial charge in [-0.2, -0.15) is 0 Å². The van der Waals surface area contributed by atoms with Crippen molar-refractivity contribution in [3.63, 3.8) is 0 Å². The van der Waals surface area contributed by atoms with Gasteiger partial charge >= 0.3 is 0 Å². The minimum absolute atomic E-state index is 0.200. The fourth-order valence-corrected chi connectivity index (χ4v) is 3.96. The summed E-state index contributed by atoms with van der Waals surface area (Å²) in [6.07, 6.45) is 0. The third-order valence-electron chi connectivity index (χ3n) is 2.91. The first-order valence-corrected chi connectivity index (χ1v) is 7.78. The zero-order valence-electron chi connectivity index (χ0n) is 10.9. The number of hydrogen-bond acceptors (Lipinski definition) is 3. The number of ether oxygens (including phenoxy) is 2. The highest BCUT2D eigenvalue weighted by Crippen LogP contribution is 2.42. The molecule has 5 heteroatoms. The van der Waals surface area contributed by atoms with Crippen LogP contribution in [0.4, 0.5) is 0 Å². The quantitative estimate of drug-likeness (QED) is 0.700. The number of rotatable bonds is 4. The standard InChI is InChI=1S/C14H14BrClO2S/c1-8-4-5-19-14(8)13(16)9-6-11(17-2)12(18-3)7-10(9)15/h4-7,13H,1-3H3. The van der Waals surface area contributed by atoms with Crippen LogP contribution in [0, 0.1) is 6.92 Å². The second-order valence-electron chi connectivity index (χ2n) is 4.06. The van der Waals surface area contributed by atoms with Gasteiger partial charge in [0.2, 0.25) is 0 Å². The predicted molar refractivity (Wildman–Crippen MR) is 84.0 cm³/mol. The first-order chi connectivity index (χ1) is 9.08. The molecule has 0 aliphatic rings. The molecule has 0 saturated heterocycles. The van der Waals surface area contributed by atoms with Crippen LogP contribution in [0.1, 0.15) is 21.4 Å². The third kappa shape index (κ3) is 2.91. The van der Waals surface area contributed by atoms with E-state index >= 15 is 0 Å². The van der Waals surface area contributed by atoms with Gasteiger partial charge in [0.05, 0.1) is 19.6 Å². The molecule has 0 fully saturated rings. The molecule has 102 valence electrons. The Morgan fingerprint density at radius 1 is 1.21 bits per heavy atom. The van der Waals surface area contributed by atoms with E-state index in [2.05, 4.69) is 34.3 Å². The van der Waals surface area contributed by atoms with Crippen molar-refractivity contribution < 1.29 is 9.47 Å². The highest BCUT2D eigenvalue weighted by Gasteiger charge is 2.20. The molecule has 1 atom stereocenters. The minimum Gasteiger partial charge on any atom is -0.493 e. The van der Waals surface area contributed by atoms with Gasteiger partial charge in [-0.25, -0.2) is 0 Å². The van der Waals surface area contributed by atoms with E-state index in [-0.39, 0.29) is 5.38 Å². The van der Waals surface area contributed by atoms with Crippen LogP contribution in [0.15, 0.2) is 28.1 Å². The van der Waals surface area contributed by atoms with Gasteiger partial charge < -0.3 is 9.47 Å². The molecule has 0 saturated carbocycles. The molecule has 19 heavy (non-hydrogen) atoms. The van der Waals surface area contributed by atoms with Crippen molar-refractivity contribution in [3.8, 4) is 11.5 Å². The molecular formula is C14H14BrClO2S. The Morgan fingerprint density at radius 2 is 1.84 bits per heavy atom. The summed E-state index contributed by atoms with van der Waals surface area (Å²) in [5.74, 6) is 1.37. The monoisotopic (exact) mass is 360 g/mol. The summed E-state index contributed by atoms with van der Waals surface area (Å²) in [5.41, 5.74) is 2.18. The summed E-state index contributed by atoms with van der Waals surface area (Å²) in [4.78, 5) is 1.15. The third-order valence-corrected chi connectivity index (χ3v) is 5.26. The van der Waals surface area contributed by atoms with Gasteiger partial charge in [0.15, 0.2) is 11.5 Å². The zero-order chi connectivity index (χ0) is 14.0. The van der Waals surface area contributed by atoms with Crippen LogP contribution in [0.25, 0.3) is 0 Å². The minimum atomic E-state index is -0.200. The molecule has 0 aliphatic heterocycles. The maximum atomic E-state index is 6.59. The molecule has 0 aliphatic carbocycles. The lowest BCUT2D eigenvalue weighted by Crippen LogP contribution is -1.97. The second kappa shape index (κ2) is 6.16. The first-order valence-electron chi connectivity index (χ1n) is 5.68. The average Bonchev–Trinajstić information content (AvgIpc) is 2.83. The Labute approximate surface area is 130 Å². The summed E-state index contributed by atoms with van der Waals surface area (Å²) in [7, 11) is 3.24. The number of hydrogen-bond donors (Lipinski definition) is 0. The molecule has 1 heterocycles. The SMILES string of the molecule is COc1cc(Br)c(C(Cl)c2sccc2C)cc1OC. The average molecular weight is 362 g/mol. The Bertz CT molecular complexity index is 583. The van der Waals surface area contributed by atoms with E-state index < -0.39 is 0 Å². The second-order valence-corrected chi connectivity index (χ2v) is 6.30. The normalized spacial score (nSPS) is 12.3. The molecule has 0 spiro atoms. The summed E-state index contributed by atoms with van der Waals surface area (Å²) in [6, 6.07) is 5.87. The van der Waals surface area contributed by atoms with Crippen LogP contribution in [-0.4, -0.2) is 14.2 Å². The molecule has 2 aromatic rings. The zero-order valence-corrected chi connectivity index (χ0v) is 14.0. The van der Waals surface area contributed by atoms with Crippen LogP contribution in [-0.2, 0) is 0 Å². The first kappa shape index (κ1) is 14.7. The van der Waals surface area contributed by atoms with Gasteiger partial charge in [-0.1, -0.05) is 15.9 Å². The number of benzene rings is 1. The number of alkyl halides is 1. The Kier molecular flexibility index (Phi) is 4.76. The number of methoxy groups -OCH3 is 2. The van der Waals surface area contributed by atoms with Crippen molar-refractivity contribution in [2.75, 3.05) is 14.2 Å². The van der Waals surface area contributed by atoms with Crippen molar-refractivity contribution in [2.45, 2.75) is 12.3 Å². The van der Waals surface area contributed by atoms with Crippen LogP contribution >= 0.6 is 38.9 Å². The topological polar surface area (TPSA) is 18.5 Å². The molecule has 0 bridgehead atoms. The van der Waals surface area contributed by atoms with E-state index in [9.17, 15) is 0 Å². The molecule has 0 N–H and O–H groups in total. The summed E-state index contributed by atoms with van der Waals surface area (Å²) < 4.78 is 11.5. The van der Waals surface area contributed by atoms with Crippen LogP contribution < -0.4 is 9.47 Å². The van der Waals surface area contributed by atoms with Crippen LogP contribution in [0.5, 0.6) is 11.5 Å². The van der Waals surface area contributed by atoms with Gasteiger partial charge in [0.25, 0.3) is 0 Å². The number of thiophene rings is 1. The van der Waals surface area contributed by atoms with Gasteiger partial charge in [-0.05, 0) is 41.6 Å². The van der Waals surface area contributed by atoms with Crippen LogP contribution in [0.3, 0.4) is 0 Å². The Morgan fingerprint density at radius 3 is 2.37 bits per heavy atom. The van der Waals surface area contributed by atoms with Gasteiger partial charge in [-0.3, -0.25) is 0 Å². The fraction of sp³-hybridized carbons (Fsp3) is 0.286. The lowest BCUT2D eigenvalue weighted by Gasteiger charge is -2.15. The van der Waals surface area contributed by atoms with E-state index in [4.69, 9.17) is 21.1 Å². The number of aryl methyl sites for hydroxylation is 1. The highest BCUT2D eigenvalue weighted by atomic mass is 79.9. The number of halogens is 2. The largest absolute Gasteiger partial charge is 0.493 e. The van der Waals surface area contributed by atoms with Crippen molar-refractivity contribution in [1.82, 2.24) is 0 Å². The fourth-order valence-electron chi connectivity index (χ4n) is 1.85. The molecule has 0 amide bonds. The predicted octanol–water partition coefficient (Wildman–Crippen LogP) is 5.16. The van der Waals surface area contributed by atoms with Gasteiger partial charge in [0.1, 0.15) is 0 Å². The van der Waals surface area contributed by atoms with E-state index in [1.165, 1.54) is 5.56 Å². The summed E-state index contributed by atoms with van der Waals surface area (Å²) in [5, 5.41) is 1.85. The maximum Gasteiger partial charge on any atom is 0.161 e. The van der Waals surface area contributed by atoms with Crippen molar-refractivity contribution in [3.05, 3.63) is 44.1 Å². The molecule has 2 nitrogen and oxygen atoms in total. The van der Waals surface area contributed by atoms with Crippen molar-refractivity contribution >= 4 is 38.9 Å². The van der Waals surface area contributed by atoms with E-state index in [0.717, 1.165) is 14.9 Å². The molecule has 1 unspecified atom stereocenters. The lowest BCUT2D eigenvalue weighted by molar-refractivity contribution is 0.354. The molecule has 1 aromatic carbocycles. The Balaban J connectivity index is 2.48. The smallest absolute Gasteiger partial charge is 0.161 e. The van der Waals surface area contributed by atoms with E-state index in [1.807, 2.05) is 12.1 Å². The maximum absolute atomic E-state index is 6.59. The van der Waals surface area contributed by atoms with Crippen molar-refractivity contribution in [2.24, 2.45) is 0 Å². The summed E-state index contributed by atoms with van der Waals surface area (Å²) >= 11 is 11.8. The van der Waals surface area contributed by atoms with Crippen molar-refractivity contribution in [1.29, 1.82) is 0 Å².